The van der Waals surface area contributed by atoms with Crippen molar-refractivity contribution in [1.82, 2.24) is 26.6 Å². The predicted molar refractivity (Wildman–Crippen MR) is 452 cm³/mol. The lowest BCUT2D eigenvalue weighted by Crippen LogP contribution is -2.72. The van der Waals surface area contributed by atoms with E-state index in [9.17, 15) is 187 Å². The average molecular weight is 2150 g/mol. The van der Waals surface area contributed by atoms with Gasteiger partial charge in [0.15, 0.2) is 75.5 Å². The smallest absolute Gasteiger partial charge is 0.217 e. The molecule has 0 saturated carbocycles. The molecule has 5 amide bonds. The van der Waals surface area contributed by atoms with Gasteiger partial charge in [-0.25, -0.2) is 0 Å². The topological polar surface area (TPSA) is 1010 Å². The van der Waals surface area contributed by atoms with Gasteiger partial charge in [-0.15, -0.1) is 0 Å². The minimum Gasteiger partial charge on any atom is -0.394 e. The second kappa shape index (κ2) is 52.8. The quantitative estimate of drug-likeness (QED) is 0.0273. The summed E-state index contributed by atoms with van der Waals surface area (Å²) in [5, 5.41) is 375. The molecule has 0 aromatic rings. The molecule has 0 aromatic heterocycles. The van der Waals surface area contributed by atoms with Crippen LogP contribution in [0.15, 0.2) is 0 Å². The van der Waals surface area contributed by atoms with Crippen molar-refractivity contribution in [2.24, 2.45) is 0 Å². The molecule has 12 saturated heterocycles. The van der Waals surface area contributed by atoms with E-state index >= 15 is 0 Å². The SMILES string of the molecule is CC(=O)N[C@H]1[C@H](O[C@H]2[C@H](O)[C@@H](NC(C)=O)C(O)O[C@@H]2CO)O[C@H](CO)[C@@H](O[C@@H]2O[C@H](CO[C@H]3O[C@H](CO)[C@@H](O)[C@H](O)[C@@H]3O[C@@H]3O[C@H](CO)[C@@H](O[C@@H]4O[C@H](CO)[C@H](O)[C@H](O)[C@H]4O)[C@H](O)[C@H]3NC(C)=O)[C@@H](O)[C@H](O[C@H]3O[C@H](CO)[C@@H](O[C@@H]4O[C@H](CO)[C@@H](O[C@@H]5O[C@H](CO)[C@H](O)[C@H](O)[C@H]5O)[C@H](O)[C@H]4NC(C)=O)[C@H](O)[C@@H]3O[C@@H]3O[C@H](CO)[C@@H](O[C@@H]4O[C@H](CO)[C@H](O)[C@H](O)[C@H]4O)[C@H](O[C@@H]4O[C@@H](C)[C@@H](O)[C@@H](O)[C@@H]4O)[C@H]3NC(C)=O)[C@@H]2O)[C@@H]1O. The molecule has 0 aromatic carbocycles. The molecule has 12 fully saturated rings. The largest absolute Gasteiger partial charge is 0.394 e. The summed E-state index contributed by atoms with van der Waals surface area (Å²) in [6.07, 6.45) is -122. The highest BCUT2D eigenvalue weighted by molar-refractivity contribution is 5.75. The molecule has 65 heteroatoms. The van der Waals surface area contributed by atoms with Crippen LogP contribution in [-0.2, 0) is 133 Å². The van der Waals surface area contributed by atoms with Crippen LogP contribution in [0, 0.1) is 0 Å². The van der Waals surface area contributed by atoms with Gasteiger partial charge < -0.3 is 299 Å². The fourth-order valence-corrected chi connectivity index (χ4v) is 19.3. The first kappa shape index (κ1) is 121. The van der Waals surface area contributed by atoms with Gasteiger partial charge in [-0.2, -0.15) is 0 Å². The van der Waals surface area contributed by atoms with Crippen LogP contribution >= 0.6 is 0 Å². The Labute approximate surface area is 832 Å². The predicted octanol–water partition coefficient (Wildman–Crippen LogP) is -25.4. The molecule has 12 rings (SSSR count). The highest BCUT2D eigenvalue weighted by Crippen LogP contribution is 2.44. The molecule has 60 atom stereocenters. The number of amides is 5. The lowest BCUT2D eigenvalue weighted by molar-refractivity contribution is -0.410. The minimum atomic E-state index is -2.82. The standard InChI is InChI=1S/C82H137N5O60/c1-18-40(103)50(113)55(118)76(126-18)144-67-39(87-23(6)102)75(135-33(16-97)66(67)143-79-58(121)53(116)43(106)26(9-90)130-79)147-70-59(122)65(139-73-37(85-21(4)100)47(110)62(29(12-93)133-73)140-77-56(119)51(114)41(104)24(7-88)128-77)32(15-96)136-82(70)145-68-45(108)34(137-80(60(68)123)142-64-31(14-95)132-72(36(48(64)111)84-20(3)99)138-61-28(11-92)127-71(124)35(46(61)109)83-19(2)98)17-125-81-69(54(117)44(107)27(10-91)131-81)146-74-38(86-22(5)101)49(112)63(30(13-94)134-74)141-78-57(120)52(115)42(105)25(8-89)129-78/h18,24-82,88-97,103-124H,7-17H2,1-6H3,(H,83,98)(H,84,99)(H,85,100)(H,86,101)(H,87,102)/t18-,24+,25+,26+,27+,28+,29+,30+,31+,32+,33+,34+,35+,36+,37+,38+,39+,40+,41-,42-,43-,44+,45+,46+,47+,48+,49+,50+,51-,52-,53-,54-,55-,56+,57+,58+,59-,60-,61+,62+,63+,64+,65+,66+,67+,68-,69-,70-,71?,72-,73-,74-,75-,76-,77-,78-,79-,80-,81-,82+/m0/s1. The third kappa shape index (κ3) is 26.7. The first-order valence-corrected chi connectivity index (χ1v) is 47.0. The summed E-state index contributed by atoms with van der Waals surface area (Å²) in [5.74, 6) is -5.07. The fourth-order valence-electron chi connectivity index (χ4n) is 19.3. The molecule has 0 bridgehead atoms. The highest BCUT2D eigenvalue weighted by Gasteiger charge is 2.65. The lowest BCUT2D eigenvalue weighted by atomic mass is 9.93. The Hall–Kier alpha value is -4.85. The number of carbonyl (C=O) groups is 5. The van der Waals surface area contributed by atoms with Gasteiger partial charge >= 0.3 is 0 Å². The van der Waals surface area contributed by atoms with Gasteiger partial charge in [-0.05, 0) is 6.92 Å². The Morgan fingerprint density at radius 1 is 0.190 bits per heavy atom. The van der Waals surface area contributed by atoms with Crippen molar-refractivity contribution >= 4 is 29.5 Å². The van der Waals surface area contributed by atoms with Crippen molar-refractivity contribution in [2.45, 2.75) is 410 Å². The average Bonchev–Trinajstić information content (AvgIpc) is 0.758. The first-order valence-electron chi connectivity index (χ1n) is 47.0. The molecule has 0 spiro atoms. The molecule has 12 aliphatic heterocycles. The highest BCUT2D eigenvalue weighted by atomic mass is 16.8. The van der Waals surface area contributed by atoms with E-state index in [1.54, 1.807) is 0 Å². The third-order valence-electron chi connectivity index (χ3n) is 27.1. The van der Waals surface area contributed by atoms with Crippen LogP contribution in [0.25, 0.3) is 0 Å². The number of rotatable bonds is 38. The maximum atomic E-state index is 14.0. The normalized spacial score (nSPS) is 49.6. The van der Waals surface area contributed by atoms with Crippen molar-refractivity contribution < 1.29 is 296 Å². The van der Waals surface area contributed by atoms with Gasteiger partial charge in [-0.3, -0.25) is 24.0 Å². The monoisotopic (exact) mass is 2150 g/mol. The summed E-state index contributed by atoms with van der Waals surface area (Å²) >= 11 is 0. The fraction of sp³-hybridized carbons (Fsp3) is 0.939. The van der Waals surface area contributed by atoms with E-state index in [2.05, 4.69) is 26.6 Å². The molecule has 12 aliphatic rings. The molecule has 65 nitrogen and oxygen atoms in total. The van der Waals surface area contributed by atoms with E-state index in [1.807, 2.05) is 0 Å². The van der Waals surface area contributed by atoms with Crippen LogP contribution in [0.1, 0.15) is 41.5 Å². The van der Waals surface area contributed by atoms with E-state index in [1.165, 1.54) is 6.92 Å². The van der Waals surface area contributed by atoms with E-state index in [4.69, 9.17) is 109 Å². The van der Waals surface area contributed by atoms with E-state index in [0.29, 0.717) is 0 Å². The summed E-state index contributed by atoms with van der Waals surface area (Å²) in [6, 6.07) is -10.2. The van der Waals surface area contributed by atoms with Gasteiger partial charge in [0, 0.05) is 34.6 Å². The number of aliphatic hydroxyl groups is 32. The van der Waals surface area contributed by atoms with Gasteiger partial charge in [0.05, 0.1) is 78.8 Å². The van der Waals surface area contributed by atoms with Crippen molar-refractivity contribution in [3.8, 4) is 0 Å². The van der Waals surface area contributed by atoms with Gasteiger partial charge in [0.25, 0.3) is 0 Å². The summed E-state index contributed by atoms with van der Waals surface area (Å²) in [5.41, 5.74) is 0. The van der Waals surface area contributed by atoms with Gasteiger partial charge in [0.1, 0.15) is 287 Å². The van der Waals surface area contributed by atoms with Crippen molar-refractivity contribution in [2.75, 3.05) is 72.7 Å². The van der Waals surface area contributed by atoms with Crippen molar-refractivity contribution in [3.63, 3.8) is 0 Å². The molecule has 0 aliphatic carbocycles. The summed E-state index contributed by atoms with van der Waals surface area (Å²) in [7, 11) is 0. The summed E-state index contributed by atoms with van der Waals surface area (Å²) in [6.45, 7) is -7.73. The number of nitrogens with one attached hydrogen (secondary N) is 5. The van der Waals surface area contributed by atoms with E-state index in [-0.39, 0.29) is 0 Å². The third-order valence-corrected chi connectivity index (χ3v) is 27.1. The van der Waals surface area contributed by atoms with Crippen LogP contribution in [0.4, 0.5) is 0 Å². The zero-order valence-electron chi connectivity index (χ0n) is 79.2. The Morgan fingerprint density at radius 3 is 0.796 bits per heavy atom. The number of aliphatic hydroxyl groups excluding tert-OH is 32. The second-order valence-electron chi connectivity index (χ2n) is 37.3. The van der Waals surface area contributed by atoms with Crippen LogP contribution < -0.4 is 26.6 Å². The number of hydrogen-bond donors (Lipinski definition) is 37. The summed E-state index contributed by atoms with van der Waals surface area (Å²) < 4.78 is 140. The molecule has 0 radical (unpaired) electrons. The van der Waals surface area contributed by atoms with E-state index < -0.39 is 470 Å². The van der Waals surface area contributed by atoms with Crippen molar-refractivity contribution in [1.29, 1.82) is 0 Å². The summed E-state index contributed by atoms with van der Waals surface area (Å²) in [4.78, 5) is 66.2. The number of carbonyl (C=O) groups excluding carboxylic acids is 5. The lowest BCUT2D eigenvalue weighted by Gasteiger charge is -2.53. The van der Waals surface area contributed by atoms with Crippen LogP contribution in [-0.4, -0.2) is 634 Å². The van der Waals surface area contributed by atoms with Crippen LogP contribution in [0.2, 0.25) is 0 Å². The number of hydrogen-bond acceptors (Lipinski definition) is 60. The number of ether oxygens (including phenoxy) is 23. The first-order chi connectivity index (χ1) is 69.6. The Bertz CT molecular complexity index is 4110. The Kier molecular flexibility index (Phi) is 43.4. The molecule has 37 N–H and O–H groups in total. The Balaban J connectivity index is 0.962. The molecule has 147 heavy (non-hydrogen) atoms. The van der Waals surface area contributed by atoms with Gasteiger partial charge in [0.2, 0.25) is 29.5 Å². The van der Waals surface area contributed by atoms with E-state index in [0.717, 1.165) is 34.6 Å². The van der Waals surface area contributed by atoms with Gasteiger partial charge in [-0.1, -0.05) is 0 Å². The molecule has 1 unspecified atom stereocenters. The van der Waals surface area contributed by atoms with Crippen molar-refractivity contribution in [3.05, 3.63) is 0 Å². The zero-order valence-corrected chi connectivity index (χ0v) is 79.2. The van der Waals surface area contributed by atoms with Crippen LogP contribution in [0.3, 0.4) is 0 Å². The molecular formula is C82H137N5O60. The minimum absolute atomic E-state index is 0.837. The molecule has 12 heterocycles. The molecular weight excluding hydrogens is 2010 g/mol. The van der Waals surface area contributed by atoms with Crippen LogP contribution in [0.5, 0.6) is 0 Å². The maximum absolute atomic E-state index is 14.0. The zero-order chi connectivity index (χ0) is 108. The second-order valence-corrected chi connectivity index (χ2v) is 37.3. The molecule has 850 valence electrons. The maximum Gasteiger partial charge on any atom is 0.217 e. The Morgan fingerprint density at radius 2 is 0.429 bits per heavy atom.